The van der Waals surface area contributed by atoms with E-state index < -0.39 is 0 Å². The quantitative estimate of drug-likeness (QED) is 0.161. The first kappa shape index (κ1) is 37.7. The van der Waals surface area contributed by atoms with Gasteiger partial charge in [0, 0.05) is 49.3 Å². The third kappa shape index (κ3) is 6.30. The largest absolute Gasteiger partial charge is 0.455 e. The minimum absolute atomic E-state index is 0.702. The first-order valence-corrected chi connectivity index (χ1v) is 22.4. The lowest BCUT2D eigenvalue weighted by Crippen LogP contribution is -1.96. The maximum Gasteiger partial charge on any atom is 0.160 e. The molecule has 3 aromatic heterocycles. The van der Waals surface area contributed by atoms with E-state index in [1.807, 2.05) is 36.4 Å². The van der Waals surface area contributed by atoms with E-state index in [1.54, 1.807) is 0 Å². The molecular weight excluding hydrogens is 803 g/mol. The zero-order valence-electron chi connectivity index (χ0n) is 35.8. The number of hydrogen-bond acceptors (Lipinski definition) is 3. The lowest BCUT2D eigenvalue weighted by Gasteiger charge is -2.12. The normalized spacial score (nSPS) is 11.6. The number of aromatic nitrogens is 3. The summed E-state index contributed by atoms with van der Waals surface area (Å²) >= 11 is 0. The minimum Gasteiger partial charge on any atom is -0.455 e. The van der Waals surface area contributed by atoms with Gasteiger partial charge in [-0.15, -0.1) is 0 Å². The van der Waals surface area contributed by atoms with Gasteiger partial charge in [0.25, 0.3) is 0 Å². The highest BCUT2D eigenvalue weighted by Gasteiger charge is 2.19. The van der Waals surface area contributed by atoms with Crippen LogP contribution >= 0.6 is 0 Å². The maximum atomic E-state index is 6.80. The molecule has 0 saturated heterocycles. The topological polar surface area (TPSA) is 43.9 Å². The number of rotatable bonds is 7. The Morgan fingerprint density at radius 3 is 1.55 bits per heavy atom. The van der Waals surface area contributed by atoms with Crippen molar-refractivity contribution in [1.29, 1.82) is 0 Å². The third-order valence-electron chi connectivity index (χ3n) is 13.0. The molecule has 0 radical (unpaired) electrons. The van der Waals surface area contributed by atoms with Crippen LogP contribution in [0.3, 0.4) is 0 Å². The van der Waals surface area contributed by atoms with Crippen LogP contribution in [-0.4, -0.2) is 14.5 Å². The Balaban J connectivity index is 0.915. The second kappa shape index (κ2) is 15.4. The molecule has 66 heavy (non-hydrogen) atoms. The van der Waals surface area contributed by atoms with Crippen LogP contribution in [0.25, 0.3) is 127 Å². The van der Waals surface area contributed by atoms with Crippen molar-refractivity contribution in [3.8, 4) is 73.0 Å². The fourth-order valence-electron chi connectivity index (χ4n) is 9.91. The summed E-state index contributed by atoms with van der Waals surface area (Å²) in [5.41, 5.74) is 16.9. The van der Waals surface area contributed by atoms with Crippen molar-refractivity contribution in [3.05, 3.63) is 237 Å². The molecule has 0 fully saturated rings. The van der Waals surface area contributed by atoms with E-state index in [2.05, 4.69) is 205 Å². The molecule has 3 heterocycles. The monoisotopic (exact) mass is 841 g/mol. The van der Waals surface area contributed by atoms with Crippen molar-refractivity contribution < 1.29 is 4.42 Å². The molecule has 0 aliphatic carbocycles. The van der Waals surface area contributed by atoms with Gasteiger partial charge in [-0.25, -0.2) is 9.97 Å². The van der Waals surface area contributed by atoms with Crippen LogP contribution < -0.4 is 0 Å². The average molecular weight is 842 g/mol. The molecule has 4 heteroatoms. The lowest BCUT2D eigenvalue weighted by atomic mass is 9.91. The highest BCUT2D eigenvalue weighted by atomic mass is 16.3. The Morgan fingerprint density at radius 2 is 0.848 bits per heavy atom. The van der Waals surface area contributed by atoms with E-state index >= 15 is 0 Å². The predicted molar refractivity (Wildman–Crippen MR) is 274 cm³/mol. The van der Waals surface area contributed by atoms with E-state index in [-0.39, 0.29) is 0 Å². The molecular formula is C62H39N3O. The van der Waals surface area contributed by atoms with Crippen LogP contribution in [0.15, 0.2) is 241 Å². The summed E-state index contributed by atoms with van der Waals surface area (Å²) in [4.78, 5) is 10.1. The number of para-hydroxylation sites is 2. The van der Waals surface area contributed by atoms with Gasteiger partial charge in [0.05, 0.1) is 22.4 Å². The van der Waals surface area contributed by atoms with E-state index in [4.69, 9.17) is 14.4 Å². The summed E-state index contributed by atoms with van der Waals surface area (Å²) in [6, 6.07) is 83.9. The first-order chi connectivity index (χ1) is 32.7. The van der Waals surface area contributed by atoms with Crippen molar-refractivity contribution in [2.45, 2.75) is 0 Å². The molecule has 13 rings (SSSR count). The van der Waals surface area contributed by atoms with Crippen molar-refractivity contribution in [2.75, 3.05) is 0 Å². The first-order valence-electron chi connectivity index (χ1n) is 22.4. The highest BCUT2D eigenvalue weighted by Crippen LogP contribution is 2.44. The van der Waals surface area contributed by atoms with E-state index in [0.29, 0.717) is 5.82 Å². The summed E-state index contributed by atoms with van der Waals surface area (Å²) in [5.74, 6) is 0.702. The molecule has 0 saturated carbocycles. The van der Waals surface area contributed by atoms with E-state index in [9.17, 15) is 0 Å². The molecule has 0 bridgehead atoms. The van der Waals surface area contributed by atoms with Gasteiger partial charge < -0.3 is 8.98 Å². The van der Waals surface area contributed by atoms with Gasteiger partial charge in [0.1, 0.15) is 11.2 Å². The van der Waals surface area contributed by atoms with Gasteiger partial charge in [-0.3, -0.25) is 0 Å². The molecule has 308 valence electrons. The fourth-order valence-corrected chi connectivity index (χ4v) is 9.91. The Morgan fingerprint density at radius 1 is 0.318 bits per heavy atom. The number of hydrogen-bond donors (Lipinski definition) is 0. The van der Waals surface area contributed by atoms with Crippen LogP contribution in [0.2, 0.25) is 0 Å². The lowest BCUT2D eigenvalue weighted by molar-refractivity contribution is 0.673. The summed E-state index contributed by atoms with van der Waals surface area (Å²) in [6.07, 6.45) is 0. The van der Waals surface area contributed by atoms with Crippen molar-refractivity contribution in [3.63, 3.8) is 0 Å². The summed E-state index contributed by atoms with van der Waals surface area (Å²) in [7, 11) is 0. The van der Waals surface area contributed by atoms with Gasteiger partial charge in [-0.2, -0.15) is 0 Å². The Bertz CT molecular complexity index is 3870. The van der Waals surface area contributed by atoms with Crippen molar-refractivity contribution >= 4 is 54.5 Å². The molecule has 0 amide bonds. The van der Waals surface area contributed by atoms with Gasteiger partial charge in [-0.1, -0.05) is 182 Å². The van der Waals surface area contributed by atoms with E-state index in [1.165, 1.54) is 21.8 Å². The Kier molecular flexibility index (Phi) is 8.81. The molecule has 4 nitrogen and oxygen atoms in total. The Labute approximate surface area is 381 Å². The van der Waals surface area contributed by atoms with Gasteiger partial charge in [0.2, 0.25) is 0 Å². The number of benzene rings is 10. The molecule has 0 unspecified atom stereocenters. The molecule has 0 spiro atoms. The van der Waals surface area contributed by atoms with Crippen LogP contribution in [0.4, 0.5) is 0 Å². The standard InChI is InChI=1S/C62H39N3O/c1-3-16-41(17-4-1)55-39-56(64-62(63-55)42-18-5-2-6-19-42)46-23-14-21-44(37-46)43-20-13-22-45(36-43)53-38-54-60-48(28-15-31-59(60)66-61(54)52-27-8-7-24-49(52)53)40-32-34-47(35-33-40)65-57-29-11-9-25-50(57)51-26-10-12-30-58(51)65/h1-39H. The predicted octanol–water partition coefficient (Wildman–Crippen LogP) is 16.6. The number of furan rings is 1. The van der Waals surface area contributed by atoms with Gasteiger partial charge in [0.15, 0.2) is 5.82 Å². The third-order valence-corrected chi connectivity index (χ3v) is 13.0. The SMILES string of the molecule is c1ccc(-c2cc(-c3cccc(-c4cccc(-c5cc6c(oc7cccc(-c8ccc(-n9c%10ccccc%10c%10ccccc%109)cc8)c76)c6ccccc56)c4)c3)nc(-c3ccccc3)n2)cc1. The van der Waals surface area contributed by atoms with Crippen molar-refractivity contribution in [1.82, 2.24) is 14.5 Å². The minimum atomic E-state index is 0.702. The van der Waals surface area contributed by atoms with Crippen LogP contribution in [-0.2, 0) is 0 Å². The Hall–Kier alpha value is -8.86. The summed E-state index contributed by atoms with van der Waals surface area (Å²) < 4.78 is 9.17. The molecule has 10 aromatic carbocycles. The van der Waals surface area contributed by atoms with Gasteiger partial charge >= 0.3 is 0 Å². The zero-order valence-corrected chi connectivity index (χ0v) is 35.8. The highest BCUT2D eigenvalue weighted by molar-refractivity contribution is 6.22. The smallest absolute Gasteiger partial charge is 0.160 e. The molecule has 0 aliphatic heterocycles. The second-order valence-electron chi connectivity index (χ2n) is 16.9. The van der Waals surface area contributed by atoms with Crippen LogP contribution in [0.5, 0.6) is 0 Å². The molecule has 0 atom stereocenters. The number of nitrogens with zero attached hydrogens (tertiary/aromatic N) is 3. The molecule has 0 N–H and O–H groups in total. The van der Waals surface area contributed by atoms with Crippen LogP contribution in [0.1, 0.15) is 0 Å². The fraction of sp³-hybridized carbons (Fsp3) is 0. The van der Waals surface area contributed by atoms with Crippen molar-refractivity contribution in [2.24, 2.45) is 0 Å². The number of fused-ring (bicyclic) bond motifs is 8. The molecule has 0 aliphatic rings. The second-order valence-corrected chi connectivity index (χ2v) is 16.9. The van der Waals surface area contributed by atoms with E-state index in [0.717, 1.165) is 99.9 Å². The van der Waals surface area contributed by atoms with Gasteiger partial charge in [-0.05, 0) is 93.4 Å². The van der Waals surface area contributed by atoms with Crippen LogP contribution in [0, 0.1) is 0 Å². The zero-order chi connectivity index (χ0) is 43.6. The maximum absolute atomic E-state index is 6.80. The summed E-state index contributed by atoms with van der Waals surface area (Å²) in [5, 5.41) is 6.96. The molecule has 13 aromatic rings. The average Bonchev–Trinajstić information content (AvgIpc) is 3.95. The summed E-state index contributed by atoms with van der Waals surface area (Å²) in [6.45, 7) is 0.